The van der Waals surface area contributed by atoms with E-state index in [4.69, 9.17) is 14.1 Å². The van der Waals surface area contributed by atoms with Crippen molar-refractivity contribution in [3.8, 4) is 28.1 Å². The summed E-state index contributed by atoms with van der Waals surface area (Å²) in [5, 5.41) is 0.0465. The third-order valence-electron chi connectivity index (χ3n) is 7.34. The molecule has 11 heteroatoms. The van der Waals surface area contributed by atoms with Crippen molar-refractivity contribution in [2.45, 2.75) is 30.6 Å². The van der Waals surface area contributed by atoms with Gasteiger partial charge in [-0.2, -0.15) is 16.8 Å². The van der Waals surface area contributed by atoms with Crippen LogP contribution >= 0.6 is 0 Å². The van der Waals surface area contributed by atoms with E-state index in [-0.39, 0.29) is 10.8 Å². The zero-order valence-corrected chi connectivity index (χ0v) is 25.7. The Bertz CT molecular complexity index is 2140. The Labute approximate surface area is 256 Å². The maximum Gasteiger partial charge on any atom is 0.295 e. The van der Waals surface area contributed by atoms with Gasteiger partial charge in [-0.15, -0.1) is 0 Å². The lowest BCUT2D eigenvalue weighted by molar-refractivity contribution is 0.481. The molecule has 0 atom stereocenters. The van der Waals surface area contributed by atoms with Gasteiger partial charge in [0, 0.05) is 34.9 Å². The van der Waals surface area contributed by atoms with Crippen molar-refractivity contribution in [1.82, 2.24) is 14.5 Å². The average Bonchev–Trinajstić information content (AvgIpc) is 3.43. The van der Waals surface area contributed by atoms with Gasteiger partial charge in [-0.25, -0.2) is 9.97 Å². The first-order chi connectivity index (χ1) is 20.9. The van der Waals surface area contributed by atoms with Crippen molar-refractivity contribution in [3.63, 3.8) is 0 Å². The SMILES string of the molecule is Cc1cccc(-c2ccnc(-n3ccnc3C)c2-c2ccccc2)c1C.O=S(=O)(O)c1cccc2c(S(=O)(=O)O)cccc12. The molecule has 0 aliphatic rings. The third-order valence-corrected chi connectivity index (χ3v) is 9.16. The summed E-state index contributed by atoms with van der Waals surface area (Å²) < 4.78 is 64.7. The summed E-state index contributed by atoms with van der Waals surface area (Å²) in [5.41, 5.74) is 7.30. The van der Waals surface area contributed by atoms with Crippen molar-refractivity contribution in [2.75, 3.05) is 0 Å². The van der Waals surface area contributed by atoms with Gasteiger partial charge in [0.2, 0.25) is 0 Å². The number of hydrogen-bond acceptors (Lipinski definition) is 6. The third kappa shape index (κ3) is 6.17. The Morgan fingerprint density at radius 2 is 1.20 bits per heavy atom. The number of hydrogen-bond donors (Lipinski definition) is 2. The van der Waals surface area contributed by atoms with Crippen LogP contribution in [0.4, 0.5) is 0 Å². The maximum absolute atomic E-state index is 11.2. The van der Waals surface area contributed by atoms with Gasteiger partial charge in [0.25, 0.3) is 20.2 Å². The lowest BCUT2D eigenvalue weighted by atomic mass is 9.91. The molecule has 4 aromatic carbocycles. The molecule has 0 saturated heterocycles. The lowest BCUT2D eigenvalue weighted by Crippen LogP contribution is -2.03. The van der Waals surface area contributed by atoms with Gasteiger partial charge in [0.15, 0.2) is 0 Å². The summed E-state index contributed by atoms with van der Waals surface area (Å²) in [6.07, 6.45) is 5.67. The number of aromatic nitrogens is 3. The lowest BCUT2D eigenvalue weighted by Gasteiger charge is -2.18. The molecule has 2 aromatic heterocycles. The number of benzene rings is 4. The smallest absolute Gasteiger partial charge is 0.288 e. The number of nitrogens with zero attached hydrogens (tertiary/aromatic N) is 3. The normalized spacial score (nSPS) is 11.7. The molecule has 0 radical (unpaired) electrons. The second-order valence-corrected chi connectivity index (χ2v) is 12.9. The molecule has 0 amide bonds. The molecule has 0 aliphatic carbocycles. The summed E-state index contributed by atoms with van der Waals surface area (Å²) >= 11 is 0. The van der Waals surface area contributed by atoms with E-state index in [0.29, 0.717) is 0 Å². The van der Waals surface area contributed by atoms with E-state index in [1.54, 1.807) is 0 Å². The van der Waals surface area contributed by atoms with E-state index in [2.05, 4.69) is 71.9 Å². The fourth-order valence-electron chi connectivity index (χ4n) is 5.09. The Hall–Kier alpha value is -4.68. The molecule has 0 aliphatic heterocycles. The molecule has 44 heavy (non-hydrogen) atoms. The minimum Gasteiger partial charge on any atom is -0.288 e. The number of rotatable bonds is 5. The van der Waals surface area contributed by atoms with Crippen LogP contribution in [0.15, 0.2) is 119 Å². The van der Waals surface area contributed by atoms with Crippen molar-refractivity contribution in [3.05, 3.63) is 127 Å². The molecule has 0 unspecified atom stereocenters. The monoisotopic (exact) mass is 627 g/mol. The molecule has 0 saturated carbocycles. The fraction of sp³-hybridized carbons (Fsp3) is 0.0909. The molecule has 2 heterocycles. The van der Waals surface area contributed by atoms with Crippen molar-refractivity contribution < 1.29 is 25.9 Å². The molecular weight excluding hydrogens is 599 g/mol. The molecule has 6 aromatic rings. The zero-order valence-electron chi connectivity index (χ0n) is 24.1. The first-order valence-electron chi connectivity index (χ1n) is 13.5. The van der Waals surface area contributed by atoms with Crippen molar-refractivity contribution in [1.29, 1.82) is 0 Å². The summed E-state index contributed by atoms with van der Waals surface area (Å²) in [6, 6.07) is 26.6. The summed E-state index contributed by atoms with van der Waals surface area (Å²) in [4.78, 5) is 8.28. The highest BCUT2D eigenvalue weighted by atomic mass is 32.2. The number of imidazole rings is 1. The molecule has 2 N–H and O–H groups in total. The van der Waals surface area contributed by atoms with Crippen LogP contribution in [0.2, 0.25) is 0 Å². The van der Waals surface area contributed by atoms with Crippen LogP contribution in [0.25, 0.3) is 38.8 Å². The topological polar surface area (TPSA) is 139 Å². The van der Waals surface area contributed by atoms with Crippen LogP contribution in [0.5, 0.6) is 0 Å². The molecule has 224 valence electrons. The maximum atomic E-state index is 11.2. The molecule has 6 rings (SSSR count). The highest BCUT2D eigenvalue weighted by Crippen LogP contribution is 2.38. The van der Waals surface area contributed by atoms with E-state index in [0.717, 1.165) is 34.9 Å². The molecule has 0 fully saturated rings. The van der Waals surface area contributed by atoms with Gasteiger partial charge < -0.3 is 0 Å². The van der Waals surface area contributed by atoms with E-state index in [1.165, 1.54) is 46.5 Å². The first-order valence-corrected chi connectivity index (χ1v) is 16.3. The van der Waals surface area contributed by atoms with E-state index in [1.807, 2.05) is 31.6 Å². The van der Waals surface area contributed by atoms with E-state index in [9.17, 15) is 16.8 Å². The Morgan fingerprint density at radius 3 is 1.75 bits per heavy atom. The van der Waals surface area contributed by atoms with Crippen LogP contribution in [0, 0.1) is 20.8 Å². The minimum absolute atomic E-state index is 0.0233. The number of aryl methyl sites for hydroxylation is 2. The van der Waals surface area contributed by atoms with Gasteiger partial charge in [-0.3, -0.25) is 13.7 Å². The van der Waals surface area contributed by atoms with Gasteiger partial charge in [-0.05, 0) is 66.8 Å². The van der Waals surface area contributed by atoms with Crippen LogP contribution in [0.1, 0.15) is 17.0 Å². The molecule has 0 bridgehead atoms. The first kappa shape index (κ1) is 30.8. The quantitative estimate of drug-likeness (QED) is 0.198. The van der Waals surface area contributed by atoms with Crippen LogP contribution < -0.4 is 0 Å². The minimum atomic E-state index is -4.47. The number of fused-ring (bicyclic) bond motifs is 1. The van der Waals surface area contributed by atoms with Crippen LogP contribution in [-0.4, -0.2) is 40.5 Å². The Morgan fingerprint density at radius 1 is 0.614 bits per heavy atom. The fourth-order valence-corrected chi connectivity index (χ4v) is 6.51. The van der Waals surface area contributed by atoms with E-state index >= 15 is 0 Å². The van der Waals surface area contributed by atoms with Gasteiger partial charge >= 0.3 is 0 Å². The predicted octanol–water partition coefficient (Wildman–Crippen LogP) is 6.86. The summed E-state index contributed by atoms with van der Waals surface area (Å²) in [6.45, 7) is 6.34. The van der Waals surface area contributed by atoms with Crippen molar-refractivity contribution in [2.24, 2.45) is 0 Å². The highest BCUT2D eigenvalue weighted by molar-refractivity contribution is 7.86. The Kier molecular flexibility index (Phi) is 8.49. The second kappa shape index (κ2) is 12.1. The number of pyridine rings is 1. The Balaban J connectivity index is 0.000000187. The largest absolute Gasteiger partial charge is 0.295 e. The molecular formula is C33H29N3O6S2. The predicted molar refractivity (Wildman–Crippen MR) is 170 cm³/mol. The van der Waals surface area contributed by atoms with Gasteiger partial charge in [0.1, 0.15) is 21.4 Å². The van der Waals surface area contributed by atoms with Crippen LogP contribution in [-0.2, 0) is 20.2 Å². The molecule has 0 spiro atoms. The standard InChI is InChI=1S/C23H21N3.C10H8O6S2/c1-16-8-7-11-20(17(16)2)21-12-13-25-23(26-15-14-24-18(26)3)22(21)19-9-5-4-6-10-19;11-17(12,13)9-5-1-3-7-8(9)4-2-6-10(7)18(14,15)16/h4-15H,1-3H3;1-6H,(H,11,12,13)(H,14,15,16). The van der Waals surface area contributed by atoms with Crippen molar-refractivity contribution >= 4 is 31.0 Å². The van der Waals surface area contributed by atoms with E-state index < -0.39 is 30.0 Å². The second-order valence-electron chi connectivity index (χ2n) is 10.1. The summed E-state index contributed by atoms with van der Waals surface area (Å²) in [5.74, 6) is 1.83. The molecule has 9 nitrogen and oxygen atoms in total. The highest BCUT2D eigenvalue weighted by Gasteiger charge is 2.20. The summed E-state index contributed by atoms with van der Waals surface area (Å²) in [7, 11) is -8.94. The zero-order chi connectivity index (χ0) is 31.6. The van der Waals surface area contributed by atoms with Gasteiger partial charge in [-0.1, -0.05) is 72.8 Å². The van der Waals surface area contributed by atoms with Gasteiger partial charge in [0.05, 0.1) is 0 Å². The average molecular weight is 628 g/mol. The van der Waals surface area contributed by atoms with Crippen LogP contribution in [0.3, 0.4) is 0 Å².